The van der Waals surface area contributed by atoms with Gasteiger partial charge < -0.3 is 11.1 Å². The molecule has 0 saturated heterocycles. The van der Waals surface area contributed by atoms with E-state index in [4.69, 9.17) is 5.73 Å². The van der Waals surface area contributed by atoms with Crippen molar-refractivity contribution in [3.8, 4) is 0 Å². The summed E-state index contributed by atoms with van der Waals surface area (Å²) in [6, 6.07) is -0.542. The van der Waals surface area contributed by atoms with Gasteiger partial charge in [-0.05, 0) is 13.8 Å². The number of amides is 1. The quantitative estimate of drug-likeness (QED) is 0.535. The Bertz CT molecular complexity index is 143. The zero-order valence-corrected chi connectivity index (χ0v) is 6.18. The number of ketones is 1. The van der Waals surface area contributed by atoms with Gasteiger partial charge in [-0.1, -0.05) is 0 Å². The van der Waals surface area contributed by atoms with Gasteiger partial charge in [0.25, 0.3) is 0 Å². The van der Waals surface area contributed by atoms with E-state index in [0.29, 0.717) is 0 Å². The minimum atomic E-state index is -0.542. The minimum absolute atomic E-state index is 0.0698. The van der Waals surface area contributed by atoms with Crippen LogP contribution in [0.25, 0.3) is 0 Å². The molecule has 0 spiro atoms. The maximum Gasteiger partial charge on any atom is 0.236 e. The van der Waals surface area contributed by atoms with Crippen LogP contribution in [0.4, 0.5) is 0 Å². The van der Waals surface area contributed by atoms with Crippen LogP contribution in [-0.2, 0) is 9.59 Å². The topological polar surface area (TPSA) is 72.2 Å². The third-order valence-electron chi connectivity index (χ3n) is 0.925. The summed E-state index contributed by atoms with van der Waals surface area (Å²) in [6.45, 7) is 3.04. The first-order valence-electron chi connectivity index (χ1n) is 3.06. The van der Waals surface area contributed by atoms with Crippen LogP contribution in [-0.4, -0.2) is 24.3 Å². The molecule has 1 amide bonds. The molecule has 0 bridgehead atoms. The Morgan fingerprint density at radius 3 is 2.40 bits per heavy atom. The number of hydrogen-bond donors (Lipinski definition) is 2. The number of rotatable bonds is 3. The van der Waals surface area contributed by atoms with Crippen LogP contribution < -0.4 is 11.1 Å². The van der Waals surface area contributed by atoms with Gasteiger partial charge in [0.2, 0.25) is 5.91 Å². The number of nitrogens with one attached hydrogen (secondary N) is 1. The van der Waals surface area contributed by atoms with Crippen molar-refractivity contribution in [2.24, 2.45) is 5.73 Å². The van der Waals surface area contributed by atoms with E-state index in [1.54, 1.807) is 6.92 Å². The summed E-state index contributed by atoms with van der Waals surface area (Å²) in [5, 5.41) is 2.37. The highest BCUT2D eigenvalue weighted by atomic mass is 16.2. The van der Waals surface area contributed by atoms with Gasteiger partial charge in [0.05, 0.1) is 12.6 Å². The van der Waals surface area contributed by atoms with Crippen LogP contribution in [0.1, 0.15) is 13.8 Å². The van der Waals surface area contributed by atoms with Crippen molar-refractivity contribution < 1.29 is 9.59 Å². The normalized spacial score (nSPS) is 12.3. The highest BCUT2D eigenvalue weighted by Gasteiger charge is 2.05. The second-order valence-corrected chi connectivity index (χ2v) is 2.21. The summed E-state index contributed by atoms with van der Waals surface area (Å²) in [6.07, 6.45) is 0. The lowest BCUT2D eigenvalue weighted by Crippen LogP contribution is -2.40. The summed E-state index contributed by atoms with van der Waals surface area (Å²) in [5.74, 6) is -0.371. The predicted octanol–water partition coefficient (Wildman–Crippen LogP) is -0.961. The van der Waals surface area contributed by atoms with Crippen molar-refractivity contribution in [1.82, 2.24) is 5.32 Å². The average Bonchev–Trinajstić information content (AvgIpc) is 1.82. The van der Waals surface area contributed by atoms with Crippen LogP contribution in [0.3, 0.4) is 0 Å². The van der Waals surface area contributed by atoms with E-state index in [9.17, 15) is 9.59 Å². The minimum Gasteiger partial charge on any atom is -0.348 e. The number of carbonyl (C=O) groups is 2. The van der Waals surface area contributed by atoms with Gasteiger partial charge in [0.1, 0.15) is 5.78 Å². The van der Waals surface area contributed by atoms with E-state index in [2.05, 4.69) is 5.32 Å². The predicted molar refractivity (Wildman–Crippen MR) is 37.3 cm³/mol. The molecule has 0 aromatic rings. The van der Waals surface area contributed by atoms with Crippen molar-refractivity contribution in [3.05, 3.63) is 0 Å². The Hall–Kier alpha value is -0.900. The summed E-state index contributed by atoms with van der Waals surface area (Å²) in [4.78, 5) is 21.0. The first kappa shape index (κ1) is 9.10. The highest BCUT2D eigenvalue weighted by molar-refractivity contribution is 5.86. The molecule has 58 valence electrons. The smallest absolute Gasteiger partial charge is 0.236 e. The molecule has 4 heteroatoms. The molecular weight excluding hydrogens is 132 g/mol. The lowest BCUT2D eigenvalue weighted by molar-refractivity contribution is -0.125. The van der Waals surface area contributed by atoms with Gasteiger partial charge >= 0.3 is 0 Å². The Morgan fingerprint density at radius 2 is 2.10 bits per heavy atom. The van der Waals surface area contributed by atoms with Gasteiger partial charge in [0, 0.05) is 0 Å². The van der Waals surface area contributed by atoms with E-state index in [1.165, 1.54) is 6.92 Å². The summed E-state index contributed by atoms with van der Waals surface area (Å²) in [7, 11) is 0. The molecule has 10 heavy (non-hydrogen) atoms. The molecule has 3 N–H and O–H groups in total. The van der Waals surface area contributed by atoms with E-state index >= 15 is 0 Å². The number of carbonyl (C=O) groups excluding carboxylic acids is 2. The zero-order valence-electron chi connectivity index (χ0n) is 6.18. The van der Waals surface area contributed by atoms with Crippen LogP contribution >= 0.6 is 0 Å². The molecule has 1 atom stereocenters. The van der Waals surface area contributed by atoms with Crippen molar-refractivity contribution in [1.29, 1.82) is 0 Å². The summed E-state index contributed by atoms with van der Waals surface area (Å²) < 4.78 is 0. The zero-order chi connectivity index (χ0) is 8.15. The molecule has 4 nitrogen and oxygen atoms in total. The maximum absolute atomic E-state index is 10.7. The Balaban J connectivity index is 3.50. The second-order valence-electron chi connectivity index (χ2n) is 2.21. The van der Waals surface area contributed by atoms with Gasteiger partial charge in [-0.2, -0.15) is 0 Å². The van der Waals surface area contributed by atoms with E-state index in [-0.39, 0.29) is 18.2 Å². The van der Waals surface area contributed by atoms with Crippen LogP contribution in [0.2, 0.25) is 0 Å². The fourth-order valence-corrected chi connectivity index (χ4v) is 0.373. The maximum atomic E-state index is 10.7. The van der Waals surface area contributed by atoms with Crippen LogP contribution in [0.5, 0.6) is 0 Å². The molecule has 0 aliphatic carbocycles. The highest BCUT2D eigenvalue weighted by Crippen LogP contribution is 1.74. The van der Waals surface area contributed by atoms with Crippen molar-refractivity contribution in [2.75, 3.05) is 6.54 Å². The molecule has 0 aliphatic rings. The van der Waals surface area contributed by atoms with Gasteiger partial charge in [-0.25, -0.2) is 0 Å². The summed E-state index contributed by atoms with van der Waals surface area (Å²) in [5.41, 5.74) is 5.20. The van der Waals surface area contributed by atoms with Crippen molar-refractivity contribution in [2.45, 2.75) is 19.9 Å². The molecule has 0 fully saturated rings. The van der Waals surface area contributed by atoms with E-state index in [1.807, 2.05) is 0 Å². The molecule has 0 radical (unpaired) electrons. The molecule has 0 aromatic carbocycles. The summed E-state index contributed by atoms with van der Waals surface area (Å²) >= 11 is 0. The first-order valence-corrected chi connectivity index (χ1v) is 3.06. The number of Topliss-reactive ketones (excluding diaryl/α,β-unsaturated/α-hetero) is 1. The molecule has 0 aliphatic heterocycles. The van der Waals surface area contributed by atoms with Crippen LogP contribution in [0, 0.1) is 0 Å². The first-order chi connectivity index (χ1) is 4.54. The second kappa shape index (κ2) is 4.00. The molecule has 0 saturated carbocycles. The molecule has 0 rings (SSSR count). The van der Waals surface area contributed by atoms with Crippen molar-refractivity contribution in [3.63, 3.8) is 0 Å². The van der Waals surface area contributed by atoms with Crippen molar-refractivity contribution >= 4 is 11.7 Å². The third-order valence-corrected chi connectivity index (χ3v) is 0.925. The number of hydrogen-bond acceptors (Lipinski definition) is 3. The molecular formula is C6H12N2O2. The Labute approximate surface area is 59.8 Å². The SMILES string of the molecule is CC(=O)CNC(=O)[C@H](C)N. The lowest BCUT2D eigenvalue weighted by Gasteiger charge is -2.04. The van der Waals surface area contributed by atoms with E-state index < -0.39 is 6.04 Å². The fraction of sp³-hybridized carbons (Fsp3) is 0.667. The molecule has 0 unspecified atom stereocenters. The standard InChI is InChI=1S/C6H12N2O2/c1-4(9)3-8-6(10)5(2)7/h5H,3,7H2,1-2H3,(H,8,10)/t5-/m0/s1. The monoisotopic (exact) mass is 144 g/mol. The number of nitrogens with two attached hydrogens (primary N) is 1. The largest absolute Gasteiger partial charge is 0.348 e. The van der Waals surface area contributed by atoms with Gasteiger partial charge in [-0.15, -0.1) is 0 Å². The lowest BCUT2D eigenvalue weighted by atomic mass is 10.3. The molecule has 0 heterocycles. The van der Waals surface area contributed by atoms with E-state index in [0.717, 1.165) is 0 Å². The van der Waals surface area contributed by atoms with Gasteiger partial charge in [-0.3, -0.25) is 9.59 Å². The molecule has 0 aromatic heterocycles. The Kier molecular flexibility index (Phi) is 3.64. The third kappa shape index (κ3) is 4.03. The Morgan fingerprint density at radius 1 is 1.60 bits per heavy atom. The van der Waals surface area contributed by atoms with Gasteiger partial charge in [0.15, 0.2) is 0 Å². The van der Waals surface area contributed by atoms with Crippen LogP contribution in [0.15, 0.2) is 0 Å². The fourth-order valence-electron chi connectivity index (χ4n) is 0.373. The average molecular weight is 144 g/mol.